The zero-order chi connectivity index (χ0) is 12.1. The van der Waals surface area contributed by atoms with Crippen LogP contribution in [0.1, 0.15) is 18.4 Å². The molecule has 0 atom stereocenters. The fourth-order valence-electron chi connectivity index (χ4n) is 1.94. The Hall–Kier alpha value is -1.24. The SMILES string of the molecule is N#Cc1ccc(OCC2CCNCC2)c(Cl)c1. The van der Waals surface area contributed by atoms with E-state index in [9.17, 15) is 0 Å². The Labute approximate surface area is 106 Å². The first-order valence-electron chi connectivity index (χ1n) is 5.83. The van der Waals surface area contributed by atoms with Crippen LogP contribution >= 0.6 is 11.6 Å². The maximum Gasteiger partial charge on any atom is 0.137 e. The van der Waals surface area contributed by atoms with Crippen molar-refractivity contribution in [3.05, 3.63) is 28.8 Å². The Balaban J connectivity index is 1.92. The Morgan fingerprint density at radius 1 is 1.41 bits per heavy atom. The molecule has 1 heterocycles. The number of piperidine rings is 1. The quantitative estimate of drug-likeness (QED) is 0.897. The molecule has 1 saturated heterocycles. The topological polar surface area (TPSA) is 45.0 Å². The third-order valence-electron chi connectivity index (χ3n) is 2.99. The van der Waals surface area contributed by atoms with Gasteiger partial charge in [0.05, 0.1) is 23.3 Å². The molecule has 2 rings (SSSR count). The fraction of sp³-hybridized carbons (Fsp3) is 0.462. The lowest BCUT2D eigenvalue weighted by atomic mass is 9.99. The Morgan fingerprint density at radius 2 is 2.18 bits per heavy atom. The maximum absolute atomic E-state index is 8.73. The van der Waals surface area contributed by atoms with Gasteiger partial charge in [0.1, 0.15) is 5.75 Å². The second-order valence-electron chi connectivity index (χ2n) is 4.26. The third-order valence-corrected chi connectivity index (χ3v) is 3.29. The molecule has 0 saturated carbocycles. The molecule has 0 amide bonds. The summed E-state index contributed by atoms with van der Waals surface area (Å²) in [5.41, 5.74) is 0.559. The highest BCUT2D eigenvalue weighted by Crippen LogP contribution is 2.26. The zero-order valence-electron chi connectivity index (χ0n) is 9.58. The van der Waals surface area contributed by atoms with Crippen LogP contribution < -0.4 is 10.1 Å². The molecule has 0 spiro atoms. The van der Waals surface area contributed by atoms with Gasteiger partial charge in [-0.05, 0) is 50.0 Å². The molecular weight excluding hydrogens is 236 g/mol. The minimum atomic E-state index is 0.512. The Bertz CT molecular complexity index is 422. The Kier molecular flexibility index (Phi) is 4.24. The van der Waals surface area contributed by atoms with Gasteiger partial charge in [-0.15, -0.1) is 0 Å². The molecule has 1 N–H and O–H groups in total. The number of benzene rings is 1. The fourth-order valence-corrected chi connectivity index (χ4v) is 2.18. The predicted molar refractivity (Wildman–Crippen MR) is 67.3 cm³/mol. The van der Waals surface area contributed by atoms with Crippen LogP contribution in [-0.2, 0) is 0 Å². The van der Waals surface area contributed by atoms with Crippen LogP contribution in [0.2, 0.25) is 5.02 Å². The molecule has 1 aromatic rings. The lowest BCUT2D eigenvalue weighted by molar-refractivity contribution is 0.215. The van der Waals surface area contributed by atoms with Crippen LogP contribution in [0.25, 0.3) is 0 Å². The molecule has 1 fully saturated rings. The molecule has 1 aliphatic rings. The van der Waals surface area contributed by atoms with E-state index in [4.69, 9.17) is 21.6 Å². The van der Waals surface area contributed by atoms with Crippen molar-refractivity contribution in [3.8, 4) is 11.8 Å². The largest absolute Gasteiger partial charge is 0.492 e. The smallest absolute Gasteiger partial charge is 0.137 e. The van der Waals surface area contributed by atoms with Crippen LogP contribution in [0.5, 0.6) is 5.75 Å². The highest BCUT2D eigenvalue weighted by Gasteiger charge is 2.14. The first-order chi connectivity index (χ1) is 8.29. The predicted octanol–water partition coefficient (Wildman–Crippen LogP) is 2.59. The first kappa shape index (κ1) is 12.2. The number of nitrogens with zero attached hydrogens (tertiary/aromatic N) is 1. The number of hydrogen-bond acceptors (Lipinski definition) is 3. The summed E-state index contributed by atoms with van der Waals surface area (Å²) in [7, 11) is 0. The molecule has 3 nitrogen and oxygen atoms in total. The van der Waals surface area contributed by atoms with Gasteiger partial charge in [0.15, 0.2) is 0 Å². The summed E-state index contributed by atoms with van der Waals surface area (Å²) < 4.78 is 5.71. The van der Waals surface area contributed by atoms with E-state index in [-0.39, 0.29) is 0 Å². The lowest BCUT2D eigenvalue weighted by Crippen LogP contribution is -2.30. The molecule has 0 aromatic heterocycles. The van der Waals surface area contributed by atoms with E-state index < -0.39 is 0 Å². The highest BCUT2D eigenvalue weighted by atomic mass is 35.5. The van der Waals surface area contributed by atoms with Crippen molar-refractivity contribution in [2.75, 3.05) is 19.7 Å². The van der Waals surface area contributed by atoms with Crippen molar-refractivity contribution in [3.63, 3.8) is 0 Å². The number of halogens is 1. The van der Waals surface area contributed by atoms with Gasteiger partial charge in [0.2, 0.25) is 0 Å². The van der Waals surface area contributed by atoms with Gasteiger partial charge in [-0.25, -0.2) is 0 Å². The van der Waals surface area contributed by atoms with Gasteiger partial charge in [0, 0.05) is 0 Å². The van der Waals surface area contributed by atoms with Gasteiger partial charge < -0.3 is 10.1 Å². The van der Waals surface area contributed by atoms with E-state index >= 15 is 0 Å². The number of nitrogens with one attached hydrogen (secondary N) is 1. The van der Waals surface area contributed by atoms with E-state index in [2.05, 4.69) is 11.4 Å². The van der Waals surface area contributed by atoms with E-state index in [0.29, 0.717) is 28.9 Å². The van der Waals surface area contributed by atoms with Crippen molar-refractivity contribution >= 4 is 11.6 Å². The summed E-state index contributed by atoms with van der Waals surface area (Å²) in [5.74, 6) is 1.27. The van der Waals surface area contributed by atoms with Gasteiger partial charge in [-0.3, -0.25) is 0 Å². The average molecular weight is 251 g/mol. The normalized spacial score (nSPS) is 16.5. The van der Waals surface area contributed by atoms with Gasteiger partial charge in [0.25, 0.3) is 0 Å². The van der Waals surface area contributed by atoms with Crippen LogP contribution in [0.15, 0.2) is 18.2 Å². The number of ether oxygens (including phenoxy) is 1. The summed E-state index contributed by atoms with van der Waals surface area (Å²) in [6.45, 7) is 2.83. The molecule has 0 bridgehead atoms. The molecule has 0 unspecified atom stereocenters. The van der Waals surface area contributed by atoms with Crippen LogP contribution in [-0.4, -0.2) is 19.7 Å². The summed E-state index contributed by atoms with van der Waals surface area (Å²) in [6.07, 6.45) is 2.29. The van der Waals surface area contributed by atoms with E-state index in [1.165, 1.54) is 0 Å². The van der Waals surface area contributed by atoms with E-state index in [1.807, 2.05) is 0 Å². The van der Waals surface area contributed by atoms with E-state index in [1.54, 1.807) is 18.2 Å². The molecule has 0 aliphatic carbocycles. The number of rotatable bonds is 3. The van der Waals surface area contributed by atoms with Crippen molar-refractivity contribution in [1.29, 1.82) is 5.26 Å². The monoisotopic (exact) mass is 250 g/mol. The summed E-state index contributed by atoms with van der Waals surface area (Å²) in [5, 5.41) is 12.6. The van der Waals surface area contributed by atoms with Crippen LogP contribution in [0, 0.1) is 17.2 Å². The standard InChI is InChI=1S/C13H15ClN2O/c14-12-7-11(8-15)1-2-13(12)17-9-10-3-5-16-6-4-10/h1-2,7,10,16H,3-6,9H2. The van der Waals surface area contributed by atoms with Crippen molar-refractivity contribution in [2.24, 2.45) is 5.92 Å². The lowest BCUT2D eigenvalue weighted by Gasteiger charge is -2.22. The van der Waals surface area contributed by atoms with Crippen molar-refractivity contribution in [1.82, 2.24) is 5.32 Å². The molecule has 0 radical (unpaired) electrons. The molecule has 90 valence electrons. The second kappa shape index (κ2) is 5.90. The number of hydrogen-bond donors (Lipinski definition) is 1. The molecule has 17 heavy (non-hydrogen) atoms. The minimum absolute atomic E-state index is 0.512. The second-order valence-corrected chi connectivity index (χ2v) is 4.67. The molecule has 4 heteroatoms. The van der Waals surface area contributed by atoms with Crippen LogP contribution in [0.4, 0.5) is 0 Å². The number of nitriles is 1. The molecule has 1 aliphatic heterocycles. The van der Waals surface area contributed by atoms with Gasteiger partial charge in [-0.1, -0.05) is 11.6 Å². The summed E-state index contributed by atoms with van der Waals surface area (Å²) >= 11 is 6.04. The summed E-state index contributed by atoms with van der Waals surface area (Å²) in [4.78, 5) is 0. The highest BCUT2D eigenvalue weighted by molar-refractivity contribution is 6.32. The maximum atomic E-state index is 8.73. The van der Waals surface area contributed by atoms with Crippen molar-refractivity contribution < 1.29 is 4.74 Å². The molecular formula is C13H15ClN2O. The summed E-state index contributed by atoms with van der Waals surface area (Å²) in [6, 6.07) is 7.18. The Morgan fingerprint density at radius 3 is 2.82 bits per heavy atom. The van der Waals surface area contributed by atoms with Gasteiger partial charge in [-0.2, -0.15) is 5.26 Å². The third kappa shape index (κ3) is 3.36. The molecule has 1 aromatic carbocycles. The zero-order valence-corrected chi connectivity index (χ0v) is 10.3. The average Bonchev–Trinajstić information content (AvgIpc) is 2.38. The van der Waals surface area contributed by atoms with E-state index in [0.717, 1.165) is 25.9 Å². The van der Waals surface area contributed by atoms with Crippen molar-refractivity contribution in [2.45, 2.75) is 12.8 Å². The van der Waals surface area contributed by atoms with Gasteiger partial charge >= 0.3 is 0 Å². The first-order valence-corrected chi connectivity index (χ1v) is 6.20. The minimum Gasteiger partial charge on any atom is -0.492 e. The van der Waals surface area contributed by atoms with Crippen LogP contribution in [0.3, 0.4) is 0 Å².